The first kappa shape index (κ1) is 14.5. The van der Waals surface area contributed by atoms with E-state index in [0.717, 1.165) is 5.75 Å². The van der Waals surface area contributed by atoms with Gasteiger partial charge < -0.3 is 9.47 Å². The Morgan fingerprint density at radius 1 is 1.35 bits per heavy atom. The molecular formula is C10H10BrF3O2S. The lowest BCUT2D eigenvalue weighted by Crippen LogP contribution is -2.17. The van der Waals surface area contributed by atoms with Crippen LogP contribution in [0.4, 0.5) is 13.2 Å². The van der Waals surface area contributed by atoms with Gasteiger partial charge in [0, 0.05) is 5.75 Å². The summed E-state index contributed by atoms with van der Waals surface area (Å²) in [5, 5.41) is 0. The predicted octanol–water partition coefficient (Wildman–Crippen LogP) is 4.09. The monoisotopic (exact) mass is 330 g/mol. The molecular weight excluding hydrogens is 321 g/mol. The molecule has 0 bridgehead atoms. The third-order valence-corrected chi connectivity index (χ3v) is 2.88. The Bertz CT molecular complexity index is 371. The van der Waals surface area contributed by atoms with Gasteiger partial charge in [0.2, 0.25) is 0 Å². The molecule has 0 unspecified atom stereocenters. The molecule has 0 amide bonds. The van der Waals surface area contributed by atoms with Crippen molar-refractivity contribution in [2.24, 2.45) is 0 Å². The van der Waals surface area contributed by atoms with Crippen LogP contribution in [-0.2, 0) is 0 Å². The highest BCUT2D eigenvalue weighted by atomic mass is 79.9. The van der Waals surface area contributed by atoms with Crippen LogP contribution in [0.2, 0.25) is 0 Å². The van der Waals surface area contributed by atoms with E-state index in [2.05, 4.69) is 20.7 Å². The van der Waals surface area contributed by atoms with Crippen molar-refractivity contribution in [1.82, 2.24) is 0 Å². The molecule has 1 aromatic carbocycles. The highest BCUT2D eigenvalue weighted by Gasteiger charge is 2.31. The smallest absolute Gasteiger partial charge is 0.493 e. The van der Waals surface area contributed by atoms with Gasteiger partial charge in [-0.1, -0.05) is 0 Å². The molecule has 0 aliphatic rings. The molecule has 0 saturated heterocycles. The van der Waals surface area contributed by atoms with Gasteiger partial charge in [0.05, 0.1) is 11.1 Å². The number of halogens is 4. The molecule has 0 aromatic heterocycles. The summed E-state index contributed by atoms with van der Waals surface area (Å²) in [6.45, 7) is 0.507. The maximum Gasteiger partial charge on any atom is 0.573 e. The molecule has 96 valence electrons. The SMILES string of the molecule is CSCCOc1ccc(OC(F)(F)F)c(Br)c1. The number of hydrogen-bond donors (Lipinski definition) is 0. The first-order valence-electron chi connectivity index (χ1n) is 4.59. The fraction of sp³-hybridized carbons (Fsp3) is 0.400. The predicted molar refractivity (Wildman–Crippen MR) is 64.7 cm³/mol. The van der Waals surface area contributed by atoms with Gasteiger partial charge in [-0.3, -0.25) is 0 Å². The van der Waals surface area contributed by atoms with Gasteiger partial charge in [-0.05, 0) is 40.4 Å². The Balaban J connectivity index is 2.66. The molecule has 0 radical (unpaired) electrons. The van der Waals surface area contributed by atoms with Crippen molar-refractivity contribution in [3.05, 3.63) is 22.7 Å². The van der Waals surface area contributed by atoms with Gasteiger partial charge in [0.15, 0.2) is 0 Å². The maximum absolute atomic E-state index is 12.0. The van der Waals surface area contributed by atoms with Crippen LogP contribution in [0.15, 0.2) is 22.7 Å². The summed E-state index contributed by atoms with van der Waals surface area (Å²) < 4.78 is 45.3. The summed E-state index contributed by atoms with van der Waals surface area (Å²) in [6, 6.07) is 4.10. The molecule has 1 aromatic rings. The molecule has 17 heavy (non-hydrogen) atoms. The minimum Gasteiger partial charge on any atom is -0.493 e. The normalized spacial score (nSPS) is 11.4. The van der Waals surface area contributed by atoms with Gasteiger partial charge in [0.1, 0.15) is 11.5 Å². The van der Waals surface area contributed by atoms with E-state index < -0.39 is 6.36 Å². The topological polar surface area (TPSA) is 18.5 Å². The van der Waals surface area contributed by atoms with Crippen LogP contribution in [0.3, 0.4) is 0 Å². The van der Waals surface area contributed by atoms with Gasteiger partial charge in [-0.25, -0.2) is 0 Å². The molecule has 0 saturated carbocycles. The zero-order valence-corrected chi connectivity index (χ0v) is 11.3. The lowest BCUT2D eigenvalue weighted by molar-refractivity contribution is -0.274. The van der Waals surface area contributed by atoms with Crippen LogP contribution < -0.4 is 9.47 Å². The fourth-order valence-electron chi connectivity index (χ4n) is 1.02. The summed E-state index contributed by atoms with van der Waals surface area (Å²) in [7, 11) is 0. The number of benzene rings is 1. The van der Waals surface area contributed by atoms with E-state index in [1.165, 1.54) is 18.2 Å². The van der Waals surface area contributed by atoms with Crippen molar-refractivity contribution in [3.63, 3.8) is 0 Å². The van der Waals surface area contributed by atoms with Crippen molar-refractivity contribution in [3.8, 4) is 11.5 Å². The van der Waals surface area contributed by atoms with E-state index in [9.17, 15) is 13.2 Å². The average Bonchev–Trinajstić information content (AvgIpc) is 2.21. The fourth-order valence-corrected chi connectivity index (χ4v) is 1.71. The highest BCUT2D eigenvalue weighted by Crippen LogP contribution is 2.33. The second kappa shape index (κ2) is 6.39. The summed E-state index contributed by atoms with van der Waals surface area (Å²) in [6.07, 6.45) is -2.75. The molecule has 0 spiro atoms. The summed E-state index contributed by atoms with van der Waals surface area (Å²) in [4.78, 5) is 0. The molecule has 0 aliphatic heterocycles. The van der Waals surface area contributed by atoms with Crippen molar-refractivity contribution >= 4 is 27.7 Å². The zero-order chi connectivity index (χ0) is 12.9. The standard InChI is InChI=1S/C10H10BrF3O2S/c1-17-5-4-15-7-2-3-9(8(11)6-7)16-10(12,13)14/h2-3,6H,4-5H2,1H3. The number of alkyl halides is 3. The average molecular weight is 331 g/mol. The molecule has 0 N–H and O–H groups in total. The quantitative estimate of drug-likeness (QED) is 0.757. The van der Waals surface area contributed by atoms with Gasteiger partial charge >= 0.3 is 6.36 Å². The Labute approximate surface area is 110 Å². The number of thioether (sulfide) groups is 1. The third-order valence-electron chi connectivity index (χ3n) is 1.69. The second-order valence-electron chi connectivity index (χ2n) is 2.98. The Hall–Kier alpha value is -0.560. The largest absolute Gasteiger partial charge is 0.573 e. The molecule has 0 heterocycles. The van der Waals surface area contributed by atoms with Crippen molar-refractivity contribution in [1.29, 1.82) is 0 Å². The van der Waals surface area contributed by atoms with E-state index in [0.29, 0.717) is 12.4 Å². The van der Waals surface area contributed by atoms with E-state index in [1.54, 1.807) is 11.8 Å². The van der Waals surface area contributed by atoms with E-state index in [-0.39, 0.29) is 10.2 Å². The number of hydrogen-bond acceptors (Lipinski definition) is 3. The molecule has 1 rings (SSSR count). The molecule has 0 fully saturated rings. The Kier molecular flexibility index (Phi) is 5.45. The molecule has 2 nitrogen and oxygen atoms in total. The molecule has 7 heteroatoms. The van der Waals surface area contributed by atoms with Crippen LogP contribution in [0.5, 0.6) is 11.5 Å². The number of ether oxygens (including phenoxy) is 2. The van der Waals surface area contributed by atoms with Crippen LogP contribution in [-0.4, -0.2) is 25.0 Å². The minimum absolute atomic E-state index is 0.205. The first-order chi connectivity index (χ1) is 7.92. The van der Waals surface area contributed by atoms with E-state index in [1.807, 2.05) is 6.26 Å². The van der Waals surface area contributed by atoms with Crippen LogP contribution in [0.1, 0.15) is 0 Å². The van der Waals surface area contributed by atoms with E-state index in [4.69, 9.17) is 4.74 Å². The minimum atomic E-state index is -4.69. The second-order valence-corrected chi connectivity index (χ2v) is 4.82. The number of rotatable bonds is 5. The Morgan fingerprint density at radius 3 is 2.59 bits per heavy atom. The summed E-state index contributed by atoms with van der Waals surface area (Å²) >= 11 is 4.62. The van der Waals surface area contributed by atoms with Crippen LogP contribution in [0.25, 0.3) is 0 Å². The first-order valence-corrected chi connectivity index (χ1v) is 6.78. The van der Waals surface area contributed by atoms with E-state index >= 15 is 0 Å². The zero-order valence-electron chi connectivity index (χ0n) is 8.88. The molecule has 0 aliphatic carbocycles. The lowest BCUT2D eigenvalue weighted by atomic mass is 10.3. The summed E-state index contributed by atoms with van der Waals surface area (Å²) in [5.74, 6) is 1.04. The highest BCUT2D eigenvalue weighted by molar-refractivity contribution is 9.10. The van der Waals surface area contributed by atoms with Crippen molar-refractivity contribution in [2.75, 3.05) is 18.6 Å². The Morgan fingerprint density at radius 2 is 2.06 bits per heavy atom. The lowest BCUT2D eigenvalue weighted by Gasteiger charge is -2.12. The molecule has 0 atom stereocenters. The van der Waals surface area contributed by atoms with Crippen molar-refractivity contribution in [2.45, 2.75) is 6.36 Å². The summed E-state index contributed by atoms with van der Waals surface area (Å²) in [5.41, 5.74) is 0. The van der Waals surface area contributed by atoms with Crippen LogP contribution in [0, 0.1) is 0 Å². The van der Waals surface area contributed by atoms with Gasteiger partial charge in [-0.15, -0.1) is 13.2 Å². The van der Waals surface area contributed by atoms with Gasteiger partial charge in [-0.2, -0.15) is 11.8 Å². The van der Waals surface area contributed by atoms with Gasteiger partial charge in [0.25, 0.3) is 0 Å². The third kappa shape index (κ3) is 5.54. The van der Waals surface area contributed by atoms with Crippen LogP contribution >= 0.6 is 27.7 Å². The maximum atomic E-state index is 12.0. The van der Waals surface area contributed by atoms with Crippen molar-refractivity contribution < 1.29 is 22.6 Å².